The summed E-state index contributed by atoms with van der Waals surface area (Å²) in [5, 5.41) is 7.82. The Morgan fingerprint density at radius 2 is 1.89 bits per heavy atom. The first-order chi connectivity index (χ1) is 9.42. The van der Waals surface area contributed by atoms with Crippen molar-refractivity contribution in [1.82, 2.24) is 15.2 Å². The molecule has 2 aromatic rings. The molecule has 0 atom stereocenters. The molecule has 4 nitrogen and oxygen atoms in total. The molecule has 0 saturated heterocycles. The van der Waals surface area contributed by atoms with Crippen LogP contribution in [0.5, 0.6) is 0 Å². The summed E-state index contributed by atoms with van der Waals surface area (Å²) in [6.45, 7) is 2.14. The Hall–Kier alpha value is -1.84. The van der Waals surface area contributed by atoms with Crippen LogP contribution in [0.1, 0.15) is 35.7 Å². The van der Waals surface area contributed by atoms with Gasteiger partial charge in [0.2, 0.25) is 0 Å². The average molecular weight is 254 g/mol. The number of pyridine rings is 1. The molecule has 0 aromatic carbocycles. The van der Waals surface area contributed by atoms with Crippen molar-refractivity contribution in [3.63, 3.8) is 0 Å². The summed E-state index contributed by atoms with van der Waals surface area (Å²) < 4.78 is 0. The standard InChI is InChI=1S/C15H18N4/c1-2-11(1)15-13-5-9-19(10-6-14(13)17-18-15)12-3-7-16-8-4-12/h3-4,7-8,11H,1-2,5-6,9-10H2,(H,17,18). The fourth-order valence-electron chi connectivity index (χ4n) is 3.02. The van der Waals surface area contributed by atoms with E-state index in [2.05, 4.69) is 32.2 Å². The maximum Gasteiger partial charge on any atom is 0.0688 e. The van der Waals surface area contributed by atoms with Gasteiger partial charge in [-0.15, -0.1) is 0 Å². The normalized spacial score (nSPS) is 19.1. The Labute approximate surface area is 112 Å². The van der Waals surface area contributed by atoms with E-state index in [1.54, 1.807) is 0 Å². The van der Waals surface area contributed by atoms with Crippen molar-refractivity contribution in [2.75, 3.05) is 18.0 Å². The zero-order valence-corrected chi connectivity index (χ0v) is 11.0. The van der Waals surface area contributed by atoms with E-state index >= 15 is 0 Å². The van der Waals surface area contributed by atoms with Crippen LogP contribution >= 0.6 is 0 Å². The van der Waals surface area contributed by atoms with Gasteiger partial charge in [-0.3, -0.25) is 10.1 Å². The maximum atomic E-state index is 4.55. The summed E-state index contributed by atoms with van der Waals surface area (Å²) in [6.07, 6.45) is 8.57. The zero-order chi connectivity index (χ0) is 12.7. The van der Waals surface area contributed by atoms with E-state index < -0.39 is 0 Å². The number of H-pyrrole nitrogens is 1. The molecular formula is C15H18N4. The third-order valence-corrected chi connectivity index (χ3v) is 4.24. The van der Waals surface area contributed by atoms with Gasteiger partial charge >= 0.3 is 0 Å². The molecule has 0 unspecified atom stereocenters. The predicted octanol–water partition coefficient (Wildman–Crippen LogP) is 2.29. The lowest BCUT2D eigenvalue weighted by Crippen LogP contribution is -2.26. The summed E-state index contributed by atoms with van der Waals surface area (Å²) in [6, 6.07) is 4.19. The topological polar surface area (TPSA) is 44.8 Å². The molecule has 1 fully saturated rings. The van der Waals surface area contributed by atoms with Gasteiger partial charge in [-0.05, 0) is 37.0 Å². The van der Waals surface area contributed by atoms with Crippen LogP contribution in [0.2, 0.25) is 0 Å². The molecule has 0 amide bonds. The van der Waals surface area contributed by atoms with Crippen molar-refractivity contribution < 1.29 is 0 Å². The second kappa shape index (κ2) is 4.37. The summed E-state index contributed by atoms with van der Waals surface area (Å²) in [4.78, 5) is 6.55. The summed E-state index contributed by atoms with van der Waals surface area (Å²) in [5.74, 6) is 0.743. The molecule has 1 N–H and O–H groups in total. The fourth-order valence-corrected chi connectivity index (χ4v) is 3.02. The quantitative estimate of drug-likeness (QED) is 0.894. The van der Waals surface area contributed by atoms with Gasteiger partial charge in [0.1, 0.15) is 0 Å². The number of rotatable bonds is 2. The Kier molecular flexibility index (Phi) is 2.53. The summed E-state index contributed by atoms with van der Waals surface area (Å²) in [7, 11) is 0. The molecule has 1 aliphatic heterocycles. The number of anilines is 1. The minimum atomic E-state index is 0.743. The molecule has 4 heteroatoms. The van der Waals surface area contributed by atoms with Crippen LogP contribution in [-0.2, 0) is 12.8 Å². The average Bonchev–Trinajstić information content (AvgIpc) is 3.26. The molecule has 3 heterocycles. The van der Waals surface area contributed by atoms with E-state index in [1.807, 2.05) is 12.4 Å². The number of hydrogen-bond acceptors (Lipinski definition) is 3. The van der Waals surface area contributed by atoms with Crippen LogP contribution in [0.25, 0.3) is 0 Å². The van der Waals surface area contributed by atoms with Crippen molar-refractivity contribution in [2.24, 2.45) is 0 Å². The van der Waals surface area contributed by atoms with E-state index in [1.165, 1.54) is 35.5 Å². The lowest BCUT2D eigenvalue weighted by molar-refractivity contribution is 0.783. The predicted molar refractivity (Wildman–Crippen MR) is 74.4 cm³/mol. The van der Waals surface area contributed by atoms with E-state index in [-0.39, 0.29) is 0 Å². The highest BCUT2D eigenvalue weighted by atomic mass is 15.2. The monoisotopic (exact) mass is 254 g/mol. The molecule has 98 valence electrons. The first-order valence-electron chi connectivity index (χ1n) is 7.13. The van der Waals surface area contributed by atoms with Gasteiger partial charge in [-0.2, -0.15) is 5.10 Å². The highest BCUT2D eigenvalue weighted by molar-refractivity contribution is 5.46. The van der Waals surface area contributed by atoms with Gasteiger partial charge in [-0.25, -0.2) is 0 Å². The summed E-state index contributed by atoms with van der Waals surface area (Å²) in [5.41, 5.74) is 5.49. The van der Waals surface area contributed by atoms with Crippen molar-refractivity contribution in [1.29, 1.82) is 0 Å². The lowest BCUT2D eigenvalue weighted by Gasteiger charge is -2.22. The second-order valence-corrected chi connectivity index (χ2v) is 5.53. The molecule has 2 aliphatic rings. The van der Waals surface area contributed by atoms with Crippen LogP contribution in [0.3, 0.4) is 0 Å². The van der Waals surface area contributed by atoms with E-state index in [9.17, 15) is 0 Å². The van der Waals surface area contributed by atoms with Gasteiger partial charge in [0, 0.05) is 49.2 Å². The molecule has 0 bridgehead atoms. The van der Waals surface area contributed by atoms with Crippen molar-refractivity contribution in [3.8, 4) is 0 Å². The second-order valence-electron chi connectivity index (χ2n) is 5.53. The number of fused-ring (bicyclic) bond motifs is 1. The fraction of sp³-hybridized carbons (Fsp3) is 0.467. The Morgan fingerprint density at radius 3 is 2.68 bits per heavy atom. The molecule has 1 aliphatic carbocycles. The van der Waals surface area contributed by atoms with Gasteiger partial charge in [0.15, 0.2) is 0 Å². The maximum absolute atomic E-state index is 4.55. The third-order valence-electron chi connectivity index (χ3n) is 4.24. The number of nitrogens with one attached hydrogen (secondary N) is 1. The largest absolute Gasteiger partial charge is 0.371 e. The van der Waals surface area contributed by atoms with Crippen LogP contribution in [-0.4, -0.2) is 28.3 Å². The first-order valence-corrected chi connectivity index (χ1v) is 7.13. The molecular weight excluding hydrogens is 236 g/mol. The molecule has 19 heavy (non-hydrogen) atoms. The van der Waals surface area contributed by atoms with Gasteiger partial charge in [0.25, 0.3) is 0 Å². The van der Waals surface area contributed by atoms with Gasteiger partial charge in [0.05, 0.1) is 5.69 Å². The van der Waals surface area contributed by atoms with E-state index in [0.717, 1.165) is 31.8 Å². The minimum Gasteiger partial charge on any atom is -0.371 e. The van der Waals surface area contributed by atoms with Crippen molar-refractivity contribution in [2.45, 2.75) is 31.6 Å². The minimum absolute atomic E-state index is 0.743. The molecule has 2 aromatic heterocycles. The van der Waals surface area contributed by atoms with Gasteiger partial charge < -0.3 is 4.90 Å². The lowest BCUT2D eigenvalue weighted by atomic mass is 10.1. The first kappa shape index (κ1) is 11.0. The Bertz CT molecular complexity index is 571. The van der Waals surface area contributed by atoms with Crippen molar-refractivity contribution >= 4 is 5.69 Å². The van der Waals surface area contributed by atoms with Crippen LogP contribution in [0.4, 0.5) is 5.69 Å². The molecule has 4 rings (SSSR count). The van der Waals surface area contributed by atoms with Crippen LogP contribution in [0.15, 0.2) is 24.5 Å². The number of aromatic nitrogens is 3. The molecule has 0 radical (unpaired) electrons. The Morgan fingerprint density at radius 1 is 1.11 bits per heavy atom. The SMILES string of the molecule is c1cc(N2CCc3[nH]nc(C4CC4)c3CC2)ccn1. The van der Waals surface area contributed by atoms with Crippen LogP contribution in [0, 0.1) is 0 Å². The summed E-state index contributed by atoms with van der Waals surface area (Å²) >= 11 is 0. The zero-order valence-electron chi connectivity index (χ0n) is 11.0. The highest BCUT2D eigenvalue weighted by Crippen LogP contribution is 2.41. The number of nitrogens with zero attached hydrogens (tertiary/aromatic N) is 3. The van der Waals surface area contributed by atoms with E-state index in [0.29, 0.717) is 0 Å². The molecule has 1 saturated carbocycles. The van der Waals surface area contributed by atoms with Crippen molar-refractivity contribution in [3.05, 3.63) is 41.5 Å². The van der Waals surface area contributed by atoms with Gasteiger partial charge in [-0.1, -0.05) is 0 Å². The third kappa shape index (κ3) is 2.01. The molecule has 0 spiro atoms. The van der Waals surface area contributed by atoms with E-state index in [4.69, 9.17) is 0 Å². The smallest absolute Gasteiger partial charge is 0.0688 e. The highest BCUT2D eigenvalue weighted by Gasteiger charge is 2.31. The van der Waals surface area contributed by atoms with Crippen LogP contribution < -0.4 is 4.90 Å². The number of aromatic amines is 1. The Balaban J connectivity index is 1.58. The number of hydrogen-bond donors (Lipinski definition) is 1.